The molecule has 1 heterocycles. The Morgan fingerprint density at radius 3 is 3.00 bits per heavy atom. The van der Waals surface area contributed by atoms with E-state index in [1.807, 2.05) is 36.4 Å². The molecule has 2 aromatic rings. The van der Waals surface area contributed by atoms with Crippen LogP contribution in [0.5, 0.6) is 5.75 Å². The van der Waals surface area contributed by atoms with E-state index in [-0.39, 0.29) is 6.61 Å². The van der Waals surface area contributed by atoms with E-state index in [0.717, 1.165) is 11.3 Å². The van der Waals surface area contributed by atoms with Gasteiger partial charge in [-0.2, -0.15) is 5.10 Å². The third-order valence-electron chi connectivity index (χ3n) is 2.60. The van der Waals surface area contributed by atoms with E-state index >= 15 is 0 Å². The van der Waals surface area contributed by atoms with Crippen molar-refractivity contribution in [3.63, 3.8) is 0 Å². The molecule has 0 radical (unpaired) electrons. The summed E-state index contributed by atoms with van der Waals surface area (Å²) in [6, 6.07) is 11.1. The van der Waals surface area contributed by atoms with Gasteiger partial charge in [0.15, 0.2) is 5.11 Å². The molecule has 0 bridgehead atoms. The highest BCUT2D eigenvalue weighted by atomic mass is 32.1. The van der Waals surface area contributed by atoms with Gasteiger partial charge in [-0.1, -0.05) is 18.1 Å². The predicted octanol–water partition coefficient (Wildman–Crippen LogP) is 2.29. The van der Waals surface area contributed by atoms with Crippen LogP contribution in [0.4, 0.5) is 0 Å². The Kier molecular flexibility index (Phi) is 6.03. The summed E-state index contributed by atoms with van der Waals surface area (Å²) in [7, 11) is 0. The number of para-hydroxylation sites is 1. The summed E-state index contributed by atoms with van der Waals surface area (Å²) in [6.45, 7) is 0.706. The van der Waals surface area contributed by atoms with Gasteiger partial charge in [0.1, 0.15) is 18.1 Å². The number of hydrazone groups is 1. The minimum atomic E-state index is 0.210. The number of thiocarbonyl (C=S) groups is 1. The molecule has 0 saturated heterocycles. The zero-order valence-corrected chi connectivity index (χ0v) is 12.6. The van der Waals surface area contributed by atoms with Crippen LogP contribution in [0, 0.1) is 12.3 Å². The molecule has 0 fully saturated rings. The average molecular weight is 313 g/mol. The zero-order valence-electron chi connectivity index (χ0n) is 11.8. The number of furan rings is 1. The molecule has 22 heavy (non-hydrogen) atoms. The summed E-state index contributed by atoms with van der Waals surface area (Å²) in [5.74, 6) is 3.89. The van der Waals surface area contributed by atoms with Crippen molar-refractivity contribution in [3.05, 3.63) is 54.0 Å². The zero-order chi connectivity index (χ0) is 15.6. The Hall–Kier alpha value is -2.78. The van der Waals surface area contributed by atoms with Crippen molar-refractivity contribution in [2.75, 3.05) is 6.61 Å². The monoisotopic (exact) mass is 313 g/mol. The summed E-state index contributed by atoms with van der Waals surface area (Å²) in [6.07, 6.45) is 8.41. The molecule has 0 aliphatic carbocycles. The van der Waals surface area contributed by atoms with E-state index in [1.54, 1.807) is 12.5 Å². The van der Waals surface area contributed by atoms with Gasteiger partial charge in [0.05, 0.1) is 19.0 Å². The second-order valence-electron chi connectivity index (χ2n) is 4.16. The lowest BCUT2D eigenvalue weighted by molar-refractivity contribution is 0.370. The minimum absolute atomic E-state index is 0.210. The van der Waals surface area contributed by atoms with E-state index < -0.39 is 0 Å². The topological polar surface area (TPSA) is 58.8 Å². The first-order valence-corrected chi connectivity index (χ1v) is 6.95. The van der Waals surface area contributed by atoms with Crippen molar-refractivity contribution in [2.45, 2.75) is 6.54 Å². The van der Waals surface area contributed by atoms with Crippen LogP contribution in [0.3, 0.4) is 0 Å². The second-order valence-corrected chi connectivity index (χ2v) is 4.57. The van der Waals surface area contributed by atoms with Gasteiger partial charge in [0.2, 0.25) is 0 Å². The molecule has 0 amide bonds. The smallest absolute Gasteiger partial charge is 0.187 e. The normalized spacial score (nSPS) is 10.1. The highest BCUT2D eigenvalue weighted by Gasteiger charge is 2.00. The fourth-order valence-corrected chi connectivity index (χ4v) is 1.74. The van der Waals surface area contributed by atoms with E-state index in [2.05, 4.69) is 21.8 Å². The molecule has 1 aromatic heterocycles. The fraction of sp³-hybridized carbons (Fsp3) is 0.125. The van der Waals surface area contributed by atoms with Crippen LogP contribution in [0.15, 0.2) is 52.2 Å². The molecule has 6 heteroatoms. The summed E-state index contributed by atoms with van der Waals surface area (Å²) in [5, 5.41) is 7.44. The van der Waals surface area contributed by atoms with Crippen molar-refractivity contribution >= 4 is 23.5 Å². The number of rotatable bonds is 6. The van der Waals surface area contributed by atoms with E-state index in [9.17, 15) is 0 Å². The van der Waals surface area contributed by atoms with E-state index in [0.29, 0.717) is 17.4 Å². The van der Waals surface area contributed by atoms with Crippen LogP contribution in [-0.4, -0.2) is 17.9 Å². The highest BCUT2D eigenvalue weighted by molar-refractivity contribution is 7.80. The number of hydrogen-bond acceptors (Lipinski definition) is 4. The van der Waals surface area contributed by atoms with E-state index in [4.69, 9.17) is 27.8 Å². The van der Waals surface area contributed by atoms with Gasteiger partial charge in [-0.25, -0.2) is 0 Å². The Morgan fingerprint density at radius 1 is 1.36 bits per heavy atom. The second kappa shape index (κ2) is 8.49. The lowest BCUT2D eigenvalue weighted by atomic mass is 10.2. The molecular formula is C16H15N3O2S. The van der Waals surface area contributed by atoms with Crippen LogP contribution in [0.25, 0.3) is 0 Å². The maximum absolute atomic E-state index is 5.42. The lowest BCUT2D eigenvalue weighted by Gasteiger charge is -2.06. The first-order chi connectivity index (χ1) is 10.8. The molecule has 0 aliphatic heterocycles. The van der Waals surface area contributed by atoms with Gasteiger partial charge < -0.3 is 14.5 Å². The van der Waals surface area contributed by atoms with Gasteiger partial charge in [-0.3, -0.25) is 5.43 Å². The molecule has 5 nitrogen and oxygen atoms in total. The molecule has 0 unspecified atom stereocenters. The van der Waals surface area contributed by atoms with Crippen molar-refractivity contribution in [1.29, 1.82) is 0 Å². The Balaban J connectivity index is 1.84. The number of terminal acetylenes is 1. The van der Waals surface area contributed by atoms with Crippen LogP contribution < -0.4 is 15.5 Å². The first kappa shape index (κ1) is 15.6. The molecule has 0 atom stereocenters. The Bertz CT molecular complexity index is 675. The molecule has 0 spiro atoms. The van der Waals surface area contributed by atoms with Gasteiger partial charge in [-0.05, 0) is 36.5 Å². The van der Waals surface area contributed by atoms with Crippen molar-refractivity contribution in [2.24, 2.45) is 5.10 Å². The van der Waals surface area contributed by atoms with Crippen LogP contribution in [-0.2, 0) is 6.54 Å². The highest BCUT2D eigenvalue weighted by Crippen LogP contribution is 2.15. The lowest BCUT2D eigenvalue weighted by Crippen LogP contribution is -2.31. The number of benzene rings is 1. The molecule has 112 valence electrons. The predicted molar refractivity (Wildman–Crippen MR) is 89.6 cm³/mol. The standard InChI is InChI=1S/C16H15N3O2S/c1-2-9-21-15-8-4-3-6-13(15)11-18-19-16(22)17-12-14-7-5-10-20-14/h1,3-8,10-11H,9,12H2,(H2,17,19,22). The van der Waals surface area contributed by atoms with Crippen molar-refractivity contribution < 1.29 is 9.15 Å². The Morgan fingerprint density at radius 2 is 2.23 bits per heavy atom. The summed E-state index contributed by atoms with van der Waals surface area (Å²) in [5.41, 5.74) is 3.53. The largest absolute Gasteiger partial charge is 0.480 e. The van der Waals surface area contributed by atoms with Crippen molar-refractivity contribution in [3.8, 4) is 18.1 Å². The van der Waals surface area contributed by atoms with Crippen LogP contribution in [0.2, 0.25) is 0 Å². The number of nitrogens with one attached hydrogen (secondary N) is 2. The van der Waals surface area contributed by atoms with Crippen molar-refractivity contribution in [1.82, 2.24) is 10.7 Å². The molecule has 0 aliphatic rings. The molecular weight excluding hydrogens is 298 g/mol. The quantitative estimate of drug-likeness (QED) is 0.371. The summed E-state index contributed by atoms with van der Waals surface area (Å²) >= 11 is 5.11. The molecule has 1 aromatic carbocycles. The number of nitrogens with zero attached hydrogens (tertiary/aromatic N) is 1. The Labute approximate surface area is 134 Å². The minimum Gasteiger partial charge on any atom is -0.480 e. The SMILES string of the molecule is C#CCOc1ccccc1C=NNC(=S)NCc1ccco1. The maximum atomic E-state index is 5.42. The summed E-state index contributed by atoms with van der Waals surface area (Å²) in [4.78, 5) is 0. The number of hydrogen-bond donors (Lipinski definition) is 2. The molecule has 2 N–H and O–H groups in total. The third kappa shape index (κ3) is 4.96. The van der Waals surface area contributed by atoms with Gasteiger partial charge >= 0.3 is 0 Å². The van der Waals surface area contributed by atoms with Gasteiger partial charge in [0, 0.05) is 5.56 Å². The molecule has 2 rings (SSSR count). The maximum Gasteiger partial charge on any atom is 0.187 e. The molecule has 0 saturated carbocycles. The average Bonchev–Trinajstić information content (AvgIpc) is 3.05. The summed E-state index contributed by atoms with van der Waals surface area (Å²) < 4.78 is 10.6. The van der Waals surface area contributed by atoms with Crippen LogP contribution in [0.1, 0.15) is 11.3 Å². The van der Waals surface area contributed by atoms with Gasteiger partial charge in [0.25, 0.3) is 0 Å². The van der Waals surface area contributed by atoms with Gasteiger partial charge in [-0.15, -0.1) is 6.42 Å². The first-order valence-electron chi connectivity index (χ1n) is 6.54. The van der Waals surface area contributed by atoms with E-state index in [1.165, 1.54) is 0 Å². The van der Waals surface area contributed by atoms with Crippen LogP contribution >= 0.6 is 12.2 Å². The third-order valence-corrected chi connectivity index (χ3v) is 2.84. The fourth-order valence-electron chi connectivity index (χ4n) is 1.62. The number of ether oxygens (including phenoxy) is 1.